The molecule has 2 heteroatoms. The number of benzene rings is 2. The van der Waals surface area contributed by atoms with E-state index in [0.717, 1.165) is 6.42 Å². The second kappa shape index (κ2) is 4.18. The maximum atomic E-state index is 4.22. The molecule has 3 rings (SSSR count). The maximum Gasteiger partial charge on any atom is 0.0646 e. The molecule has 84 valence electrons. The van der Waals surface area contributed by atoms with Crippen LogP contribution in [-0.4, -0.2) is 0 Å². The summed E-state index contributed by atoms with van der Waals surface area (Å²) in [5, 5.41) is 0. The van der Waals surface area contributed by atoms with Gasteiger partial charge in [-0.3, -0.25) is 3.11 Å². The van der Waals surface area contributed by atoms with Gasteiger partial charge in [0, 0.05) is 5.56 Å². The van der Waals surface area contributed by atoms with Crippen LogP contribution in [0.1, 0.15) is 11.1 Å². The predicted octanol–water partition coefficient (Wildman–Crippen LogP) is 4.74. The minimum Gasteiger partial charge on any atom is -0.282 e. The molecule has 2 aromatic carbocycles. The van der Waals surface area contributed by atoms with Gasteiger partial charge in [-0.1, -0.05) is 43.0 Å². The van der Waals surface area contributed by atoms with Crippen molar-refractivity contribution in [2.75, 3.05) is 3.11 Å². The molecule has 0 aromatic heterocycles. The Morgan fingerprint density at radius 1 is 0.941 bits per heavy atom. The Morgan fingerprint density at radius 2 is 1.59 bits per heavy atom. The van der Waals surface area contributed by atoms with Gasteiger partial charge in [-0.2, -0.15) is 0 Å². The van der Waals surface area contributed by atoms with Gasteiger partial charge in [-0.25, -0.2) is 0 Å². The van der Waals surface area contributed by atoms with E-state index >= 15 is 0 Å². The van der Waals surface area contributed by atoms with Gasteiger partial charge in [0.1, 0.15) is 0 Å². The van der Waals surface area contributed by atoms with E-state index in [1.165, 1.54) is 28.1 Å². The third-order valence-electron chi connectivity index (χ3n) is 3.10. The first kappa shape index (κ1) is 10.8. The zero-order valence-corrected chi connectivity index (χ0v) is 11.5. The molecule has 0 unspecified atom stereocenters. The lowest BCUT2D eigenvalue weighted by molar-refractivity contribution is 1.30. The number of fused-ring (bicyclic) bond motifs is 2. The maximum absolute atomic E-state index is 4.22. The summed E-state index contributed by atoms with van der Waals surface area (Å²) in [6.07, 6.45) is 0.923. The zero-order valence-electron chi connectivity index (χ0n) is 9.36. The van der Waals surface area contributed by atoms with E-state index < -0.39 is 0 Å². The molecule has 0 radical (unpaired) electrons. The fourth-order valence-corrected chi connectivity index (χ4v) is 3.14. The molecule has 0 fully saturated rings. The molecule has 1 aliphatic rings. The Labute approximate surface area is 115 Å². The smallest absolute Gasteiger partial charge is 0.0646 e. The van der Waals surface area contributed by atoms with E-state index in [4.69, 9.17) is 0 Å². The summed E-state index contributed by atoms with van der Waals surface area (Å²) in [5.41, 5.74) is 6.26. The van der Waals surface area contributed by atoms with Crippen LogP contribution in [0.5, 0.6) is 0 Å². The molecule has 0 N–H and O–H groups in total. The average Bonchev–Trinajstić information content (AvgIpc) is 2.48. The number of allylic oxidation sites excluding steroid dienone is 1. The number of hydrogen-bond donors (Lipinski definition) is 0. The Balaban J connectivity index is 2.26. The fourth-order valence-electron chi connectivity index (χ4n) is 2.25. The molecule has 1 heterocycles. The van der Waals surface area contributed by atoms with Crippen LogP contribution in [0.4, 0.5) is 11.4 Å². The molecule has 1 nitrogen and oxygen atoms in total. The SMILES string of the molecule is C=C1Cc2ccccc2N(I)c2ccccc21. The second-order valence-corrected chi connectivity index (χ2v) is 5.17. The summed E-state index contributed by atoms with van der Waals surface area (Å²) in [4.78, 5) is 0. The lowest BCUT2D eigenvalue weighted by Gasteiger charge is -2.18. The first-order chi connectivity index (χ1) is 8.27. The molecule has 1 aliphatic heterocycles. The number of para-hydroxylation sites is 2. The van der Waals surface area contributed by atoms with Crippen molar-refractivity contribution >= 4 is 39.8 Å². The van der Waals surface area contributed by atoms with Gasteiger partial charge >= 0.3 is 0 Å². The van der Waals surface area contributed by atoms with Gasteiger partial charge in [0.2, 0.25) is 0 Å². The van der Waals surface area contributed by atoms with E-state index in [2.05, 4.69) is 81.1 Å². The minimum absolute atomic E-state index is 0.923. The van der Waals surface area contributed by atoms with Crippen LogP contribution in [0.15, 0.2) is 55.1 Å². The normalized spacial score (nSPS) is 13.9. The summed E-state index contributed by atoms with van der Waals surface area (Å²) in [7, 11) is 0. The van der Waals surface area contributed by atoms with E-state index in [1.54, 1.807) is 0 Å². The summed E-state index contributed by atoms with van der Waals surface area (Å²) in [6, 6.07) is 17.0. The highest BCUT2D eigenvalue weighted by Crippen LogP contribution is 2.41. The number of hydrogen-bond acceptors (Lipinski definition) is 1. The van der Waals surface area contributed by atoms with Crippen LogP contribution in [0, 0.1) is 0 Å². The highest BCUT2D eigenvalue weighted by molar-refractivity contribution is 14.1. The van der Waals surface area contributed by atoms with Crippen molar-refractivity contribution in [3.05, 3.63) is 66.2 Å². The van der Waals surface area contributed by atoms with Crippen LogP contribution in [0.25, 0.3) is 5.57 Å². The van der Waals surface area contributed by atoms with Crippen molar-refractivity contribution in [3.8, 4) is 0 Å². The monoisotopic (exact) mass is 333 g/mol. The summed E-state index contributed by atoms with van der Waals surface area (Å²) < 4.78 is 2.22. The van der Waals surface area contributed by atoms with E-state index in [-0.39, 0.29) is 0 Å². The van der Waals surface area contributed by atoms with Crippen LogP contribution in [0.2, 0.25) is 0 Å². The topological polar surface area (TPSA) is 3.24 Å². The van der Waals surface area contributed by atoms with Crippen molar-refractivity contribution in [3.63, 3.8) is 0 Å². The quantitative estimate of drug-likeness (QED) is 0.497. The molecule has 0 spiro atoms. The Bertz CT molecular complexity index is 589. The Morgan fingerprint density at radius 3 is 2.41 bits per heavy atom. The second-order valence-electron chi connectivity index (χ2n) is 4.21. The first-order valence-corrected chi connectivity index (χ1v) is 6.55. The average molecular weight is 333 g/mol. The molecule has 0 saturated carbocycles. The van der Waals surface area contributed by atoms with Gasteiger partial charge < -0.3 is 0 Å². The highest BCUT2D eigenvalue weighted by Gasteiger charge is 2.19. The minimum atomic E-state index is 0.923. The third-order valence-corrected chi connectivity index (χ3v) is 4.14. The molecule has 2 aromatic rings. The zero-order chi connectivity index (χ0) is 11.8. The number of anilines is 2. The van der Waals surface area contributed by atoms with Crippen molar-refractivity contribution in [1.29, 1.82) is 0 Å². The summed E-state index contributed by atoms with van der Waals surface area (Å²) in [6.45, 7) is 4.22. The van der Waals surface area contributed by atoms with Gasteiger partial charge in [-0.05, 0) is 29.7 Å². The van der Waals surface area contributed by atoms with Gasteiger partial charge in [0.25, 0.3) is 0 Å². The van der Waals surface area contributed by atoms with Crippen molar-refractivity contribution < 1.29 is 0 Å². The lowest BCUT2D eigenvalue weighted by Crippen LogP contribution is -2.02. The largest absolute Gasteiger partial charge is 0.282 e. The van der Waals surface area contributed by atoms with Crippen molar-refractivity contribution in [2.45, 2.75) is 6.42 Å². The van der Waals surface area contributed by atoms with Gasteiger partial charge in [0.05, 0.1) is 34.2 Å². The number of nitrogens with zero attached hydrogens (tertiary/aromatic N) is 1. The fraction of sp³-hybridized carbons (Fsp3) is 0.0667. The number of halogens is 1. The van der Waals surface area contributed by atoms with E-state index in [1.807, 2.05) is 0 Å². The third kappa shape index (κ3) is 1.76. The Hall–Kier alpha value is -1.29. The van der Waals surface area contributed by atoms with Crippen molar-refractivity contribution in [2.24, 2.45) is 0 Å². The number of rotatable bonds is 0. The highest BCUT2D eigenvalue weighted by atomic mass is 127. The van der Waals surface area contributed by atoms with E-state index in [0.29, 0.717) is 0 Å². The Kier molecular flexibility index (Phi) is 2.67. The molecular formula is C15H12IN. The molecule has 0 amide bonds. The van der Waals surface area contributed by atoms with Gasteiger partial charge in [-0.15, -0.1) is 0 Å². The molecule has 0 atom stereocenters. The van der Waals surface area contributed by atoms with Crippen molar-refractivity contribution in [1.82, 2.24) is 0 Å². The lowest BCUT2D eigenvalue weighted by atomic mass is 10.00. The van der Waals surface area contributed by atoms with Gasteiger partial charge in [0.15, 0.2) is 0 Å². The molecule has 0 aliphatic carbocycles. The van der Waals surface area contributed by atoms with Crippen LogP contribution >= 0.6 is 22.9 Å². The van der Waals surface area contributed by atoms with Crippen LogP contribution < -0.4 is 3.11 Å². The predicted molar refractivity (Wildman–Crippen MR) is 81.8 cm³/mol. The molecule has 17 heavy (non-hydrogen) atoms. The van der Waals surface area contributed by atoms with Crippen LogP contribution in [0.3, 0.4) is 0 Å². The molecule has 0 saturated heterocycles. The van der Waals surface area contributed by atoms with E-state index in [9.17, 15) is 0 Å². The molecular weight excluding hydrogens is 321 g/mol. The van der Waals surface area contributed by atoms with Crippen LogP contribution in [-0.2, 0) is 6.42 Å². The first-order valence-electron chi connectivity index (χ1n) is 5.58. The summed E-state index contributed by atoms with van der Waals surface area (Å²) in [5.74, 6) is 0. The summed E-state index contributed by atoms with van der Waals surface area (Å²) >= 11 is 2.37. The standard InChI is InChI=1S/C15H12IN/c1-11-10-12-6-2-4-8-14(12)17(16)15-9-5-3-7-13(11)15/h2-9H,1,10H2. The molecule has 0 bridgehead atoms.